The predicted molar refractivity (Wildman–Crippen MR) is 86.8 cm³/mol. The van der Waals surface area contributed by atoms with Crippen LogP contribution in [0.1, 0.15) is 11.5 Å². The topological polar surface area (TPSA) is 38.9 Å². The molecule has 0 aliphatic rings. The highest BCUT2D eigenvalue weighted by molar-refractivity contribution is 9.10. The van der Waals surface area contributed by atoms with E-state index in [0.717, 1.165) is 20.9 Å². The molecule has 20 heavy (non-hydrogen) atoms. The van der Waals surface area contributed by atoms with Crippen LogP contribution in [0.15, 0.2) is 50.8 Å². The van der Waals surface area contributed by atoms with Crippen LogP contribution in [0.3, 0.4) is 0 Å². The number of halogens is 1. The first kappa shape index (κ1) is 13.9. The molecule has 0 atom stereocenters. The van der Waals surface area contributed by atoms with Gasteiger partial charge in [0.25, 0.3) is 0 Å². The maximum absolute atomic E-state index is 5.27. The normalized spacial score (nSPS) is 10.8. The summed E-state index contributed by atoms with van der Waals surface area (Å²) in [6.07, 6.45) is 0. The van der Waals surface area contributed by atoms with Gasteiger partial charge < -0.3 is 4.52 Å². The smallest absolute Gasteiger partial charge is 0.236 e. The lowest BCUT2D eigenvalue weighted by Gasteiger charge is -1.99. The second kappa shape index (κ2) is 6.56. The van der Waals surface area contributed by atoms with Crippen molar-refractivity contribution >= 4 is 39.0 Å². The van der Waals surface area contributed by atoms with E-state index in [9.17, 15) is 0 Å². The summed E-state index contributed by atoms with van der Waals surface area (Å²) in [5.74, 6) is 3.01. The van der Waals surface area contributed by atoms with E-state index in [-0.39, 0.29) is 0 Å². The molecule has 0 saturated carbocycles. The van der Waals surface area contributed by atoms with Crippen LogP contribution in [-0.2, 0) is 11.5 Å². The van der Waals surface area contributed by atoms with Crippen LogP contribution in [0.5, 0.6) is 0 Å². The molecule has 0 radical (unpaired) electrons. The molecule has 0 aliphatic carbocycles. The van der Waals surface area contributed by atoms with Gasteiger partial charge in [0, 0.05) is 10.2 Å². The number of nitrogens with zero attached hydrogens (tertiary/aromatic N) is 2. The van der Waals surface area contributed by atoms with Crippen LogP contribution in [0.25, 0.3) is 10.7 Å². The van der Waals surface area contributed by atoms with Crippen molar-refractivity contribution in [1.82, 2.24) is 10.1 Å². The average Bonchev–Trinajstić information content (AvgIpc) is 3.09. The Morgan fingerprint density at radius 1 is 1.20 bits per heavy atom. The third kappa shape index (κ3) is 3.50. The van der Waals surface area contributed by atoms with Crippen LogP contribution < -0.4 is 0 Å². The highest BCUT2D eigenvalue weighted by Gasteiger charge is 2.09. The molecule has 6 heteroatoms. The Labute approximate surface area is 133 Å². The third-order valence-electron chi connectivity index (χ3n) is 2.59. The highest BCUT2D eigenvalue weighted by atomic mass is 79.9. The minimum Gasteiger partial charge on any atom is -0.338 e. The number of benzene rings is 1. The molecule has 2 heterocycles. The van der Waals surface area contributed by atoms with Crippen LogP contribution in [0.4, 0.5) is 0 Å². The minimum absolute atomic E-state index is 0.674. The molecular formula is C14H11BrN2OS2. The summed E-state index contributed by atoms with van der Waals surface area (Å²) in [7, 11) is 0. The monoisotopic (exact) mass is 366 g/mol. The lowest BCUT2D eigenvalue weighted by atomic mass is 10.2. The van der Waals surface area contributed by atoms with Gasteiger partial charge in [-0.15, -0.1) is 23.1 Å². The van der Waals surface area contributed by atoms with Crippen molar-refractivity contribution < 1.29 is 4.52 Å². The maximum atomic E-state index is 5.27. The maximum Gasteiger partial charge on any atom is 0.236 e. The van der Waals surface area contributed by atoms with Crippen molar-refractivity contribution in [3.05, 3.63) is 57.7 Å². The van der Waals surface area contributed by atoms with Gasteiger partial charge in [0.2, 0.25) is 11.7 Å². The zero-order valence-corrected chi connectivity index (χ0v) is 13.7. The van der Waals surface area contributed by atoms with Gasteiger partial charge in [0.15, 0.2) is 0 Å². The van der Waals surface area contributed by atoms with Crippen molar-refractivity contribution in [2.75, 3.05) is 0 Å². The van der Waals surface area contributed by atoms with Gasteiger partial charge in [-0.05, 0) is 29.1 Å². The van der Waals surface area contributed by atoms with E-state index in [1.165, 1.54) is 5.56 Å². The molecule has 1 aromatic carbocycles. The molecule has 0 unspecified atom stereocenters. The molecule has 0 spiro atoms. The van der Waals surface area contributed by atoms with E-state index in [4.69, 9.17) is 4.52 Å². The number of hydrogen-bond donors (Lipinski definition) is 0. The summed E-state index contributed by atoms with van der Waals surface area (Å²) in [6.45, 7) is 0. The fourth-order valence-corrected chi connectivity index (χ4v) is 3.61. The summed E-state index contributed by atoms with van der Waals surface area (Å²) in [5, 5.41) is 6.01. The molecule has 0 fully saturated rings. The Kier molecular flexibility index (Phi) is 4.54. The fraction of sp³-hybridized carbons (Fsp3) is 0.143. The Bertz CT molecular complexity index is 682. The largest absolute Gasteiger partial charge is 0.338 e. The number of hydrogen-bond acceptors (Lipinski definition) is 5. The Hall–Kier alpha value is -1.11. The first-order valence-electron chi connectivity index (χ1n) is 6.00. The molecule has 2 aromatic heterocycles. The predicted octanol–water partition coefficient (Wildman–Crippen LogP) is 4.99. The summed E-state index contributed by atoms with van der Waals surface area (Å²) in [4.78, 5) is 5.44. The number of thiophene rings is 1. The Balaban J connectivity index is 1.57. The molecule has 0 amide bonds. The van der Waals surface area contributed by atoms with Crippen molar-refractivity contribution in [2.24, 2.45) is 0 Å². The molecule has 3 rings (SSSR count). The van der Waals surface area contributed by atoms with Crippen LogP contribution in [0.2, 0.25) is 0 Å². The van der Waals surface area contributed by atoms with Gasteiger partial charge in [-0.3, -0.25) is 0 Å². The Morgan fingerprint density at radius 2 is 2.15 bits per heavy atom. The second-order valence-electron chi connectivity index (χ2n) is 4.11. The molecule has 0 bridgehead atoms. The number of rotatable bonds is 5. The van der Waals surface area contributed by atoms with Crippen molar-refractivity contribution in [3.63, 3.8) is 0 Å². The minimum atomic E-state index is 0.674. The quantitative estimate of drug-likeness (QED) is 0.637. The second-order valence-corrected chi connectivity index (χ2v) is 6.96. The number of thioether (sulfide) groups is 1. The lowest BCUT2D eigenvalue weighted by molar-refractivity contribution is 0.392. The van der Waals surface area contributed by atoms with Crippen molar-refractivity contribution in [3.8, 4) is 10.7 Å². The summed E-state index contributed by atoms with van der Waals surface area (Å²) >= 11 is 6.86. The van der Waals surface area contributed by atoms with Crippen LogP contribution in [0, 0.1) is 0 Å². The summed E-state index contributed by atoms with van der Waals surface area (Å²) < 4.78 is 6.37. The van der Waals surface area contributed by atoms with E-state index in [1.807, 2.05) is 29.6 Å². The number of aromatic nitrogens is 2. The van der Waals surface area contributed by atoms with Crippen LogP contribution in [-0.4, -0.2) is 10.1 Å². The summed E-state index contributed by atoms with van der Waals surface area (Å²) in [5.41, 5.74) is 1.28. The molecule has 0 saturated heterocycles. The zero-order valence-electron chi connectivity index (χ0n) is 10.5. The SMILES string of the molecule is Brc1cccc(CSCc2nc(-c3cccs3)no2)c1. The molecular weight excluding hydrogens is 356 g/mol. The van der Waals surface area contributed by atoms with E-state index < -0.39 is 0 Å². The van der Waals surface area contributed by atoms with Gasteiger partial charge in [-0.2, -0.15) is 4.98 Å². The zero-order chi connectivity index (χ0) is 13.8. The van der Waals surface area contributed by atoms with Crippen LogP contribution >= 0.6 is 39.0 Å². The fourth-order valence-electron chi connectivity index (χ4n) is 1.70. The van der Waals surface area contributed by atoms with Gasteiger partial charge >= 0.3 is 0 Å². The highest BCUT2D eigenvalue weighted by Crippen LogP contribution is 2.24. The van der Waals surface area contributed by atoms with E-state index >= 15 is 0 Å². The molecule has 3 nitrogen and oxygen atoms in total. The molecule has 3 aromatic rings. The third-order valence-corrected chi connectivity index (χ3v) is 4.94. The van der Waals surface area contributed by atoms with Crippen molar-refractivity contribution in [1.29, 1.82) is 0 Å². The first-order chi connectivity index (χ1) is 9.81. The first-order valence-corrected chi connectivity index (χ1v) is 8.82. The van der Waals surface area contributed by atoms with Gasteiger partial charge in [0.05, 0.1) is 10.6 Å². The Morgan fingerprint density at radius 3 is 2.95 bits per heavy atom. The molecule has 0 N–H and O–H groups in total. The standard InChI is InChI=1S/C14H11BrN2OS2/c15-11-4-1-3-10(7-11)8-19-9-13-16-14(17-18-13)12-5-2-6-20-12/h1-7H,8-9H2. The summed E-state index contributed by atoms with van der Waals surface area (Å²) in [6, 6.07) is 12.3. The van der Waals surface area contributed by atoms with Crippen molar-refractivity contribution in [2.45, 2.75) is 11.5 Å². The lowest BCUT2D eigenvalue weighted by Crippen LogP contribution is -1.84. The molecule has 102 valence electrons. The van der Waals surface area contributed by atoms with Gasteiger partial charge in [-0.25, -0.2) is 0 Å². The average molecular weight is 367 g/mol. The van der Waals surface area contributed by atoms with E-state index in [2.05, 4.69) is 38.2 Å². The van der Waals surface area contributed by atoms with Gasteiger partial charge in [0.1, 0.15) is 0 Å². The van der Waals surface area contributed by atoms with Gasteiger partial charge in [-0.1, -0.05) is 39.3 Å². The van der Waals surface area contributed by atoms with E-state index in [1.54, 1.807) is 23.1 Å². The van der Waals surface area contributed by atoms with E-state index in [0.29, 0.717) is 11.7 Å². The molecule has 0 aliphatic heterocycles.